The molecule has 0 saturated heterocycles. The van der Waals surface area contributed by atoms with Gasteiger partial charge in [-0.15, -0.1) is 0 Å². The van der Waals surface area contributed by atoms with Crippen molar-refractivity contribution in [1.29, 1.82) is 0 Å². The van der Waals surface area contributed by atoms with Crippen LogP contribution in [-0.2, 0) is 0 Å². The molecule has 8 aliphatic carbocycles. The third-order valence-corrected chi connectivity index (χ3v) is 17.1. The molecule has 348 valence electrons. The van der Waals surface area contributed by atoms with Gasteiger partial charge in [-0.05, 0) is 171 Å². The van der Waals surface area contributed by atoms with Crippen LogP contribution in [-0.4, -0.2) is 0 Å². The molecule has 0 nitrogen and oxygen atoms in total. The first-order valence-electron chi connectivity index (χ1n) is 27.2. The standard InChI is InChI=1S/2C20H34.8C2H6.CH4/c1-13-15-10-11-17-16-7-5-4-6-14(16)8-9-18(17)19(15)12-20(13,2)3;1-13-18-12-19-15-7-5-4-6-14(15)8-9-16(19)17(18)10-11-20(13,2)3;8*1-2;/h2*13-19H,4-12H2,1-3H3;8*1-2H3;1H4. The zero-order valence-corrected chi connectivity index (χ0v) is 43.8. The molecule has 0 heterocycles. The molecular weight excluding hydrogens is 685 g/mol. The third-order valence-electron chi connectivity index (χ3n) is 17.1. The Bertz CT molecular complexity index is 880. The van der Waals surface area contributed by atoms with Gasteiger partial charge in [-0.1, -0.05) is 198 Å². The SMILES string of the molecule is C.CC.CC.CC.CC.CC.CC.CC.CC.CC1C2CC3C4CCCCC4CCC3C2CCC1(C)C.CC1C2CCC3C4CCCCC4CCC3C2CC1(C)C. The third kappa shape index (κ3) is 15.1. The van der Waals surface area contributed by atoms with Gasteiger partial charge in [0.15, 0.2) is 0 Å². The van der Waals surface area contributed by atoms with E-state index in [0.29, 0.717) is 10.8 Å². The van der Waals surface area contributed by atoms with Crippen LogP contribution >= 0.6 is 0 Å². The Labute approximate surface area is 367 Å². The minimum atomic E-state index is 0. The Morgan fingerprint density at radius 1 is 0.298 bits per heavy atom. The van der Waals surface area contributed by atoms with Gasteiger partial charge in [-0.25, -0.2) is 0 Å². The Morgan fingerprint density at radius 3 is 1.11 bits per heavy atom. The number of hydrogen-bond acceptors (Lipinski definition) is 0. The van der Waals surface area contributed by atoms with Crippen molar-refractivity contribution >= 4 is 0 Å². The number of hydrogen-bond donors (Lipinski definition) is 0. The van der Waals surface area contributed by atoms with E-state index in [1.54, 1.807) is 89.9 Å². The van der Waals surface area contributed by atoms with Crippen LogP contribution in [0.4, 0.5) is 0 Å². The fraction of sp³-hybridized carbons (Fsp3) is 1.00. The van der Waals surface area contributed by atoms with Gasteiger partial charge in [0.1, 0.15) is 0 Å². The van der Waals surface area contributed by atoms with Gasteiger partial charge < -0.3 is 0 Å². The molecule has 8 saturated carbocycles. The monoisotopic (exact) mass is 805 g/mol. The lowest BCUT2D eigenvalue weighted by atomic mass is 9.53. The van der Waals surface area contributed by atoms with Crippen LogP contribution in [0.5, 0.6) is 0 Å². The topological polar surface area (TPSA) is 0 Å². The summed E-state index contributed by atoms with van der Waals surface area (Å²) in [7, 11) is 0. The van der Waals surface area contributed by atoms with E-state index in [1.165, 1.54) is 25.7 Å². The summed E-state index contributed by atoms with van der Waals surface area (Å²) in [5.41, 5.74) is 1.23. The zero-order valence-electron chi connectivity index (χ0n) is 43.8. The molecule has 0 aliphatic heterocycles. The summed E-state index contributed by atoms with van der Waals surface area (Å²) in [6.07, 6.45) is 28.2. The highest BCUT2D eigenvalue weighted by Crippen LogP contribution is 2.64. The normalized spacial score (nSPS) is 38.6. The summed E-state index contributed by atoms with van der Waals surface area (Å²) in [5, 5.41) is 0. The maximum absolute atomic E-state index is 2.59. The molecule has 0 radical (unpaired) electrons. The predicted octanol–water partition coefficient (Wildman–Crippen LogP) is 20.7. The van der Waals surface area contributed by atoms with Gasteiger partial charge in [0, 0.05) is 0 Å². The van der Waals surface area contributed by atoms with E-state index in [-0.39, 0.29) is 7.43 Å². The van der Waals surface area contributed by atoms with Crippen LogP contribution in [0, 0.1) is 93.7 Å². The van der Waals surface area contributed by atoms with Crippen molar-refractivity contribution in [3.8, 4) is 0 Å². The largest absolute Gasteiger partial charge is 0.0776 e. The Balaban J connectivity index is -0.000000750. The molecule has 8 aliphatic rings. The van der Waals surface area contributed by atoms with E-state index in [2.05, 4.69) is 41.5 Å². The minimum absolute atomic E-state index is 0. The summed E-state index contributed by atoms with van der Waals surface area (Å²) in [6.45, 7) is 47.3. The van der Waals surface area contributed by atoms with Crippen LogP contribution in [0.2, 0.25) is 0 Å². The Kier molecular flexibility index (Phi) is 35.1. The van der Waals surface area contributed by atoms with Crippen molar-refractivity contribution in [2.24, 2.45) is 93.7 Å². The van der Waals surface area contributed by atoms with Crippen molar-refractivity contribution in [2.75, 3.05) is 0 Å². The average molecular weight is 806 g/mol. The molecule has 0 bridgehead atoms. The number of rotatable bonds is 0. The molecule has 14 atom stereocenters. The molecule has 0 heteroatoms. The second-order valence-corrected chi connectivity index (χ2v) is 19.0. The van der Waals surface area contributed by atoms with Gasteiger partial charge in [0.05, 0.1) is 0 Å². The highest BCUT2D eigenvalue weighted by atomic mass is 14.6. The molecule has 0 N–H and O–H groups in total. The molecule has 0 amide bonds. The van der Waals surface area contributed by atoms with Gasteiger partial charge >= 0.3 is 0 Å². The smallest absolute Gasteiger partial charge is 0.0323 e. The van der Waals surface area contributed by atoms with Crippen LogP contribution in [0.25, 0.3) is 0 Å². The lowest BCUT2D eigenvalue weighted by Gasteiger charge is -2.52. The van der Waals surface area contributed by atoms with Gasteiger partial charge in [0.25, 0.3) is 0 Å². The van der Waals surface area contributed by atoms with E-state index in [9.17, 15) is 0 Å². The lowest BCUT2D eigenvalue weighted by molar-refractivity contribution is -0.0234. The molecule has 0 aromatic heterocycles. The highest BCUT2D eigenvalue weighted by Gasteiger charge is 2.56. The quantitative estimate of drug-likeness (QED) is 0.229. The zero-order chi connectivity index (χ0) is 43.8. The fourth-order valence-corrected chi connectivity index (χ4v) is 14.4. The second kappa shape index (κ2) is 32.7. The molecule has 14 unspecified atom stereocenters. The first-order valence-corrected chi connectivity index (χ1v) is 27.2. The summed E-state index contributed by atoms with van der Waals surface area (Å²) < 4.78 is 0. The Morgan fingerprint density at radius 2 is 0.632 bits per heavy atom. The molecule has 0 spiro atoms. The van der Waals surface area contributed by atoms with Crippen molar-refractivity contribution in [3.05, 3.63) is 0 Å². The summed E-state index contributed by atoms with van der Waals surface area (Å²) >= 11 is 0. The summed E-state index contributed by atoms with van der Waals surface area (Å²) in [5.74, 6) is 15.4. The van der Waals surface area contributed by atoms with Crippen LogP contribution < -0.4 is 0 Å². The minimum Gasteiger partial charge on any atom is -0.0776 e. The van der Waals surface area contributed by atoms with Crippen molar-refractivity contribution in [3.63, 3.8) is 0 Å². The Hall–Kier alpha value is 0. The van der Waals surface area contributed by atoms with Crippen molar-refractivity contribution in [1.82, 2.24) is 0 Å². The first-order chi connectivity index (χ1) is 27.2. The summed E-state index contributed by atoms with van der Waals surface area (Å²) in [6, 6.07) is 0. The molecule has 0 aromatic rings. The maximum Gasteiger partial charge on any atom is -0.0323 e. The van der Waals surface area contributed by atoms with E-state index in [0.717, 1.165) is 82.9 Å². The first kappa shape index (κ1) is 61.3. The second-order valence-electron chi connectivity index (χ2n) is 19.0. The molecular formula is C57H120. The average Bonchev–Trinajstić information content (AvgIpc) is 3.78. The van der Waals surface area contributed by atoms with Crippen molar-refractivity contribution < 1.29 is 0 Å². The van der Waals surface area contributed by atoms with E-state index in [1.807, 2.05) is 111 Å². The van der Waals surface area contributed by atoms with Gasteiger partial charge in [-0.3, -0.25) is 0 Å². The lowest BCUT2D eigenvalue weighted by Crippen LogP contribution is -2.43. The van der Waals surface area contributed by atoms with Crippen LogP contribution in [0.3, 0.4) is 0 Å². The van der Waals surface area contributed by atoms with Crippen LogP contribution in [0.1, 0.15) is 275 Å². The summed E-state index contributed by atoms with van der Waals surface area (Å²) in [4.78, 5) is 0. The van der Waals surface area contributed by atoms with E-state index >= 15 is 0 Å². The van der Waals surface area contributed by atoms with E-state index < -0.39 is 0 Å². The molecule has 57 heavy (non-hydrogen) atoms. The maximum atomic E-state index is 2.59. The molecule has 8 fully saturated rings. The predicted molar refractivity (Wildman–Crippen MR) is 268 cm³/mol. The molecule has 8 rings (SSSR count). The number of fused-ring (bicyclic) bond motifs is 10. The molecule has 0 aromatic carbocycles. The van der Waals surface area contributed by atoms with Crippen molar-refractivity contribution in [2.45, 2.75) is 275 Å². The highest BCUT2D eigenvalue weighted by molar-refractivity contribution is 5.05. The van der Waals surface area contributed by atoms with E-state index in [4.69, 9.17) is 0 Å². The van der Waals surface area contributed by atoms with Gasteiger partial charge in [0.2, 0.25) is 0 Å². The van der Waals surface area contributed by atoms with Crippen LogP contribution in [0.15, 0.2) is 0 Å². The fourth-order valence-electron chi connectivity index (χ4n) is 14.4. The van der Waals surface area contributed by atoms with Gasteiger partial charge in [-0.2, -0.15) is 0 Å².